The second-order valence-electron chi connectivity index (χ2n) is 6.46. The van der Waals surface area contributed by atoms with Crippen molar-refractivity contribution < 1.29 is 13.6 Å². The third-order valence-corrected chi connectivity index (χ3v) is 5.32. The summed E-state index contributed by atoms with van der Waals surface area (Å²) in [4.78, 5) is 14.5. The van der Waals surface area contributed by atoms with Crippen molar-refractivity contribution >= 4 is 21.8 Å². The number of aromatic nitrogens is 2. The lowest BCUT2D eigenvalue weighted by Crippen LogP contribution is -2.44. The number of nitrogens with one attached hydrogen (secondary N) is 1. The first kappa shape index (κ1) is 16.8. The fourth-order valence-corrected chi connectivity index (χ4v) is 3.82. The molecule has 1 amide bonds. The summed E-state index contributed by atoms with van der Waals surface area (Å²) in [5, 5.41) is 6.97. The summed E-state index contributed by atoms with van der Waals surface area (Å²) in [5.74, 6) is 0.0813. The first-order valence-corrected chi connectivity index (χ1v) is 8.77. The fraction of sp³-hybridized carbons (Fsp3) is 0.733. The minimum Gasteiger partial charge on any atom is -0.352 e. The highest BCUT2D eigenvalue weighted by Gasteiger charge is 2.34. The van der Waals surface area contributed by atoms with Crippen LogP contribution in [0.1, 0.15) is 49.4 Å². The SMILES string of the molecule is CN1CCC(NC(=O)Cn2nc(C(F)F)c(Br)c2C2CC2)CC1. The quantitative estimate of drug-likeness (QED) is 0.840. The first-order valence-electron chi connectivity index (χ1n) is 7.98. The normalized spacial score (nSPS) is 20.2. The van der Waals surface area contributed by atoms with Gasteiger partial charge < -0.3 is 10.2 Å². The molecule has 1 N–H and O–H groups in total. The fourth-order valence-electron chi connectivity index (χ4n) is 3.04. The van der Waals surface area contributed by atoms with Gasteiger partial charge in [-0.15, -0.1) is 0 Å². The van der Waals surface area contributed by atoms with Crippen LogP contribution in [-0.4, -0.2) is 46.8 Å². The summed E-state index contributed by atoms with van der Waals surface area (Å²) in [6.45, 7) is 1.92. The number of amides is 1. The van der Waals surface area contributed by atoms with E-state index in [0.29, 0.717) is 4.47 Å². The molecule has 0 aromatic carbocycles. The number of alkyl halides is 2. The molecule has 1 aromatic rings. The number of piperidine rings is 1. The van der Waals surface area contributed by atoms with E-state index in [1.54, 1.807) is 0 Å². The monoisotopic (exact) mass is 390 g/mol. The molecule has 1 aromatic heterocycles. The molecule has 128 valence electrons. The molecule has 2 fully saturated rings. The van der Waals surface area contributed by atoms with Crippen LogP contribution in [0.4, 0.5) is 8.78 Å². The summed E-state index contributed by atoms with van der Waals surface area (Å²) in [6.07, 6.45) is 1.12. The van der Waals surface area contributed by atoms with E-state index >= 15 is 0 Å². The lowest BCUT2D eigenvalue weighted by Gasteiger charge is -2.29. The molecule has 0 spiro atoms. The smallest absolute Gasteiger partial charge is 0.283 e. The number of hydrogen-bond acceptors (Lipinski definition) is 3. The summed E-state index contributed by atoms with van der Waals surface area (Å²) in [6, 6.07) is 0.164. The number of nitrogens with zero attached hydrogens (tertiary/aromatic N) is 3. The van der Waals surface area contributed by atoms with Crippen LogP contribution < -0.4 is 5.32 Å². The van der Waals surface area contributed by atoms with Crippen LogP contribution >= 0.6 is 15.9 Å². The van der Waals surface area contributed by atoms with E-state index in [0.717, 1.165) is 44.5 Å². The molecule has 1 aliphatic carbocycles. The van der Waals surface area contributed by atoms with Crippen molar-refractivity contribution in [3.63, 3.8) is 0 Å². The van der Waals surface area contributed by atoms with E-state index in [-0.39, 0.29) is 30.1 Å². The Morgan fingerprint density at radius 3 is 2.57 bits per heavy atom. The Morgan fingerprint density at radius 1 is 1.35 bits per heavy atom. The number of likely N-dealkylation sites (tertiary alicyclic amines) is 1. The second kappa shape index (κ2) is 6.84. The standard InChI is InChI=1S/C15H21BrF2N4O/c1-21-6-4-10(5-7-21)19-11(23)8-22-14(9-2-3-9)12(16)13(20-22)15(17)18/h9-10,15H,2-8H2,1H3,(H,19,23). The lowest BCUT2D eigenvalue weighted by molar-refractivity contribution is -0.122. The molecule has 2 aliphatic rings. The van der Waals surface area contributed by atoms with E-state index in [1.807, 2.05) is 0 Å². The average Bonchev–Trinajstić information content (AvgIpc) is 3.26. The maximum absolute atomic E-state index is 13.0. The van der Waals surface area contributed by atoms with Crippen molar-refractivity contribution in [2.24, 2.45) is 0 Å². The Kier molecular flexibility index (Phi) is 5.01. The third kappa shape index (κ3) is 3.91. The number of halogens is 3. The molecule has 1 saturated heterocycles. The highest BCUT2D eigenvalue weighted by Crippen LogP contribution is 2.45. The van der Waals surface area contributed by atoms with Crippen molar-refractivity contribution in [1.29, 1.82) is 0 Å². The van der Waals surface area contributed by atoms with E-state index < -0.39 is 6.43 Å². The van der Waals surface area contributed by atoms with Gasteiger partial charge in [0, 0.05) is 12.0 Å². The summed E-state index contributed by atoms with van der Waals surface area (Å²) < 4.78 is 27.9. The summed E-state index contributed by atoms with van der Waals surface area (Å²) >= 11 is 3.24. The first-order chi connectivity index (χ1) is 11.0. The molecule has 0 unspecified atom stereocenters. The Labute approximate surface area is 142 Å². The van der Waals surface area contributed by atoms with Crippen LogP contribution in [-0.2, 0) is 11.3 Å². The molecule has 1 saturated carbocycles. The Hall–Kier alpha value is -1.02. The van der Waals surface area contributed by atoms with Gasteiger partial charge in [0.1, 0.15) is 12.2 Å². The zero-order valence-corrected chi connectivity index (χ0v) is 14.7. The zero-order valence-electron chi connectivity index (χ0n) is 13.1. The van der Waals surface area contributed by atoms with Gasteiger partial charge in [-0.2, -0.15) is 5.10 Å². The van der Waals surface area contributed by atoms with Crippen LogP contribution in [0.15, 0.2) is 4.47 Å². The van der Waals surface area contributed by atoms with Gasteiger partial charge in [-0.05, 0) is 61.8 Å². The number of carbonyl (C=O) groups is 1. The molecule has 0 radical (unpaired) electrons. The van der Waals surface area contributed by atoms with E-state index in [2.05, 4.69) is 38.3 Å². The number of rotatable bonds is 5. The van der Waals surface area contributed by atoms with E-state index in [9.17, 15) is 13.6 Å². The maximum atomic E-state index is 13.0. The van der Waals surface area contributed by atoms with Gasteiger partial charge in [-0.25, -0.2) is 8.78 Å². The summed E-state index contributed by atoms with van der Waals surface area (Å²) in [5.41, 5.74) is 0.470. The highest BCUT2D eigenvalue weighted by atomic mass is 79.9. The molecule has 2 heterocycles. The molecular formula is C15H21BrF2N4O. The summed E-state index contributed by atoms with van der Waals surface area (Å²) in [7, 11) is 2.06. The molecule has 23 heavy (non-hydrogen) atoms. The molecular weight excluding hydrogens is 370 g/mol. The van der Waals surface area contributed by atoms with Crippen molar-refractivity contribution in [2.45, 2.75) is 50.6 Å². The van der Waals surface area contributed by atoms with Gasteiger partial charge >= 0.3 is 0 Å². The second-order valence-corrected chi connectivity index (χ2v) is 7.26. The topological polar surface area (TPSA) is 50.2 Å². The Morgan fingerprint density at radius 2 is 2.00 bits per heavy atom. The highest BCUT2D eigenvalue weighted by molar-refractivity contribution is 9.10. The van der Waals surface area contributed by atoms with Gasteiger partial charge in [0.15, 0.2) is 0 Å². The predicted molar refractivity (Wildman–Crippen MR) is 85.5 cm³/mol. The molecule has 3 rings (SSSR count). The van der Waals surface area contributed by atoms with Gasteiger partial charge in [0.25, 0.3) is 6.43 Å². The third-order valence-electron chi connectivity index (χ3n) is 4.50. The van der Waals surface area contributed by atoms with Gasteiger partial charge in [0.2, 0.25) is 5.91 Å². The number of hydrogen-bond donors (Lipinski definition) is 1. The molecule has 0 bridgehead atoms. The molecule has 8 heteroatoms. The lowest BCUT2D eigenvalue weighted by atomic mass is 10.1. The maximum Gasteiger partial charge on any atom is 0.283 e. The predicted octanol–water partition coefficient (Wildman–Crippen LogP) is 2.67. The largest absolute Gasteiger partial charge is 0.352 e. The van der Waals surface area contributed by atoms with E-state index in [4.69, 9.17) is 0 Å². The van der Waals surface area contributed by atoms with Crippen molar-refractivity contribution in [3.8, 4) is 0 Å². The van der Waals surface area contributed by atoms with Gasteiger partial charge in [-0.3, -0.25) is 9.48 Å². The van der Waals surface area contributed by atoms with Crippen LogP contribution in [0.2, 0.25) is 0 Å². The van der Waals surface area contributed by atoms with Crippen LogP contribution in [0.5, 0.6) is 0 Å². The zero-order chi connectivity index (χ0) is 16.6. The minimum atomic E-state index is -2.64. The molecule has 0 atom stereocenters. The molecule has 5 nitrogen and oxygen atoms in total. The van der Waals surface area contributed by atoms with Crippen molar-refractivity contribution in [1.82, 2.24) is 20.0 Å². The van der Waals surface area contributed by atoms with Gasteiger partial charge in [-0.1, -0.05) is 0 Å². The minimum absolute atomic E-state index is 0.00346. The van der Waals surface area contributed by atoms with E-state index in [1.165, 1.54) is 4.68 Å². The number of carbonyl (C=O) groups excluding carboxylic acids is 1. The van der Waals surface area contributed by atoms with Crippen LogP contribution in [0.3, 0.4) is 0 Å². The Balaban J connectivity index is 1.67. The van der Waals surface area contributed by atoms with Crippen LogP contribution in [0.25, 0.3) is 0 Å². The average molecular weight is 391 g/mol. The Bertz CT molecular complexity index is 580. The molecule has 1 aliphatic heterocycles. The van der Waals surface area contributed by atoms with Crippen molar-refractivity contribution in [2.75, 3.05) is 20.1 Å². The van der Waals surface area contributed by atoms with Crippen molar-refractivity contribution in [3.05, 3.63) is 15.9 Å². The van der Waals surface area contributed by atoms with Crippen LogP contribution in [0, 0.1) is 0 Å². The van der Waals surface area contributed by atoms with Gasteiger partial charge in [0.05, 0.1) is 10.2 Å².